The molecule has 1 fully saturated rings. The molecule has 0 bridgehead atoms. The van der Waals surface area contributed by atoms with E-state index in [1.807, 2.05) is 0 Å². The number of hydrogen-bond donors (Lipinski definition) is 0. The van der Waals surface area contributed by atoms with Gasteiger partial charge in [-0.2, -0.15) is 11.3 Å². The number of ether oxygens (including phenoxy) is 1. The fourth-order valence-electron chi connectivity index (χ4n) is 1.47. The van der Waals surface area contributed by atoms with E-state index in [9.17, 15) is 4.79 Å². The highest BCUT2D eigenvalue weighted by atomic mass is 32.1. The molecule has 1 aliphatic heterocycles. The molecule has 0 spiro atoms. The van der Waals surface area contributed by atoms with E-state index in [0.29, 0.717) is 18.9 Å². The molecule has 0 aliphatic carbocycles. The lowest BCUT2D eigenvalue weighted by Gasteiger charge is -2.20. The molecule has 2 heterocycles. The van der Waals surface area contributed by atoms with Gasteiger partial charge in [-0.1, -0.05) is 0 Å². The van der Waals surface area contributed by atoms with Crippen molar-refractivity contribution in [3.05, 3.63) is 22.4 Å². The molecule has 1 atom stereocenters. The van der Waals surface area contributed by atoms with E-state index in [1.165, 1.54) is 5.56 Å². The summed E-state index contributed by atoms with van der Waals surface area (Å²) in [7, 11) is 0. The fourth-order valence-corrected chi connectivity index (χ4v) is 2.21. The average molecular weight is 182 g/mol. The van der Waals surface area contributed by atoms with E-state index in [4.69, 9.17) is 4.74 Å². The van der Waals surface area contributed by atoms with Crippen LogP contribution in [0.15, 0.2) is 16.8 Å². The van der Waals surface area contributed by atoms with Crippen LogP contribution in [0.3, 0.4) is 0 Å². The maximum Gasteiger partial charge on any atom is 0.306 e. The molecule has 1 aromatic rings. The van der Waals surface area contributed by atoms with Gasteiger partial charge in [-0.05, 0) is 34.7 Å². The lowest BCUT2D eigenvalue weighted by Crippen LogP contribution is -2.18. The van der Waals surface area contributed by atoms with Gasteiger partial charge in [0.05, 0.1) is 13.0 Å². The number of cyclic esters (lactones) is 1. The number of rotatable bonds is 1. The van der Waals surface area contributed by atoms with Crippen molar-refractivity contribution < 1.29 is 9.53 Å². The first-order valence-corrected chi connectivity index (χ1v) is 4.98. The molecular weight excluding hydrogens is 172 g/mol. The van der Waals surface area contributed by atoms with Gasteiger partial charge in [0.15, 0.2) is 0 Å². The molecule has 1 aromatic heterocycles. The van der Waals surface area contributed by atoms with Gasteiger partial charge in [0.2, 0.25) is 0 Å². The highest BCUT2D eigenvalue weighted by Gasteiger charge is 2.21. The Morgan fingerprint density at radius 2 is 2.50 bits per heavy atom. The second-order valence-electron chi connectivity index (χ2n) is 2.97. The van der Waals surface area contributed by atoms with Crippen molar-refractivity contribution >= 4 is 17.3 Å². The van der Waals surface area contributed by atoms with Crippen LogP contribution in [0.4, 0.5) is 0 Å². The highest BCUT2D eigenvalue weighted by Crippen LogP contribution is 2.28. The topological polar surface area (TPSA) is 26.3 Å². The van der Waals surface area contributed by atoms with Crippen LogP contribution in [0.2, 0.25) is 0 Å². The van der Waals surface area contributed by atoms with E-state index < -0.39 is 0 Å². The summed E-state index contributed by atoms with van der Waals surface area (Å²) in [6, 6.07) is 2.09. The molecular formula is C9H10O2S. The third-order valence-corrected chi connectivity index (χ3v) is 2.86. The van der Waals surface area contributed by atoms with Crippen LogP contribution in [0, 0.1) is 0 Å². The van der Waals surface area contributed by atoms with Crippen LogP contribution in [0.1, 0.15) is 24.3 Å². The minimum Gasteiger partial charge on any atom is -0.466 e. The molecule has 12 heavy (non-hydrogen) atoms. The van der Waals surface area contributed by atoms with Gasteiger partial charge in [-0.3, -0.25) is 4.79 Å². The zero-order chi connectivity index (χ0) is 8.39. The second-order valence-corrected chi connectivity index (χ2v) is 3.75. The van der Waals surface area contributed by atoms with E-state index >= 15 is 0 Å². The predicted octanol–water partition coefficient (Wildman–Crippen LogP) is 2.17. The summed E-state index contributed by atoms with van der Waals surface area (Å²) in [4.78, 5) is 10.9. The summed E-state index contributed by atoms with van der Waals surface area (Å²) in [5.41, 5.74) is 1.29. The molecule has 64 valence electrons. The number of hydrogen-bond acceptors (Lipinski definition) is 3. The summed E-state index contributed by atoms with van der Waals surface area (Å²) < 4.78 is 4.87. The van der Waals surface area contributed by atoms with E-state index in [0.717, 1.165) is 6.42 Å². The maximum absolute atomic E-state index is 10.9. The Hall–Kier alpha value is -0.830. The van der Waals surface area contributed by atoms with Crippen LogP contribution in [-0.2, 0) is 9.53 Å². The fraction of sp³-hybridized carbons (Fsp3) is 0.444. The van der Waals surface area contributed by atoms with Gasteiger partial charge in [0, 0.05) is 0 Å². The molecule has 0 radical (unpaired) electrons. The maximum atomic E-state index is 10.9. The quantitative estimate of drug-likeness (QED) is 0.622. The summed E-state index contributed by atoms with van der Waals surface area (Å²) in [5, 5.41) is 4.17. The van der Waals surface area contributed by atoms with E-state index in [-0.39, 0.29) is 5.97 Å². The van der Waals surface area contributed by atoms with Crippen molar-refractivity contribution in [2.24, 2.45) is 0 Å². The number of thiophene rings is 1. The molecule has 0 N–H and O–H groups in total. The van der Waals surface area contributed by atoms with Crippen molar-refractivity contribution in [3.63, 3.8) is 0 Å². The molecule has 0 aromatic carbocycles. The van der Waals surface area contributed by atoms with E-state index in [1.54, 1.807) is 11.3 Å². The molecule has 1 saturated heterocycles. The van der Waals surface area contributed by atoms with Crippen molar-refractivity contribution in [1.29, 1.82) is 0 Å². The van der Waals surface area contributed by atoms with Gasteiger partial charge in [0.1, 0.15) is 0 Å². The third-order valence-electron chi connectivity index (χ3n) is 2.16. The summed E-state index contributed by atoms with van der Waals surface area (Å²) in [5.74, 6) is 0.343. The van der Waals surface area contributed by atoms with E-state index in [2.05, 4.69) is 16.8 Å². The number of carbonyl (C=O) groups is 1. The zero-order valence-corrected chi connectivity index (χ0v) is 7.47. The normalized spacial score (nSPS) is 23.7. The van der Waals surface area contributed by atoms with Gasteiger partial charge in [0.25, 0.3) is 0 Å². The van der Waals surface area contributed by atoms with Crippen molar-refractivity contribution in [2.75, 3.05) is 6.61 Å². The lowest BCUT2D eigenvalue weighted by atomic mass is 9.94. The molecule has 3 heteroatoms. The van der Waals surface area contributed by atoms with Crippen LogP contribution in [0.25, 0.3) is 0 Å². The van der Waals surface area contributed by atoms with Crippen LogP contribution in [0.5, 0.6) is 0 Å². The van der Waals surface area contributed by atoms with Crippen LogP contribution >= 0.6 is 11.3 Å². The Balaban J connectivity index is 2.09. The third kappa shape index (κ3) is 1.50. The highest BCUT2D eigenvalue weighted by molar-refractivity contribution is 7.07. The first-order chi connectivity index (χ1) is 5.86. The Kier molecular flexibility index (Phi) is 2.13. The molecule has 0 amide bonds. The van der Waals surface area contributed by atoms with Gasteiger partial charge >= 0.3 is 5.97 Å². The Bertz CT molecular complexity index is 266. The monoisotopic (exact) mass is 182 g/mol. The molecule has 0 unspecified atom stereocenters. The summed E-state index contributed by atoms with van der Waals surface area (Å²) in [6.07, 6.45) is 1.53. The van der Waals surface area contributed by atoms with Crippen molar-refractivity contribution in [1.82, 2.24) is 0 Å². The Morgan fingerprint density at radius 3 is 3.17 bits per heavy atom. The van der Waals surface area contributed by atoms with Crippen LogP contribution < -0.4 is 0 Å². The molecule has 2 rings (SSSR count). The SMILES string of the molecule is O=C1C[C@@H](c2ccsc2)CCO1. The Labute approximate surface area is 75.2 Å². The predicted molar refractivity (Wildman–Crippen MR) is 47.3 cm³/mol. The smallest absolute Gasteiger partial charge is 0.306 e. The molecule has 2 nitrogen and oxygen atoms in total. The largest absolute Gasteiger partial charge is 0.466 e. The summed E-state index contributed by atoms with van der Waals surface area (Å²) in [6.45, 7) is 0.583. The van der Waals surface area contributed by atoms with Crippen molar-refractivity contribution in [3.8, 4) is 0 Å². The van der Waals surface area contributed by atoms with Gasteiger partial charge in [-0.15, -0.1) is 0 Å². The second kappa shape index (κ2) is 3.27. The van der Waals surface area contributed by atoms with Gasteiger partial charge in [-0.25, -0.2) is 0 Å². The summed E-state index contributed by atoms with van der Waals surface area (Å²) >= 11 is 1.68. The average Bonchev–Trinajstić information content (AvgIpc) is 2.56. The zero-order valence-electron chi connectivity index (χ0n) is 6.66. The van der Waals surface area contributed by atoms with Crippen molar-refractivity contribution in [2.45, 2.75) is 18.8 Å². The van der Waals surface area contributed by atoms with Gasteiger partial charge < -0.3 is 4.74 Å². The minimum absolute atomic E-state index is 0.0579. The number of esters is 1. The standard InChI is InChI=1S/C9H10O2S/c10-9-5-7(1-3-11-9)8-2-4-12-6-8/h2,4,6-7H,1,3,5H2/t7-/m0/s1. The number of carbonyl (C=O) groups excluding carboxylic acids is 1. The minimum atomic E-state index is -0.0579. The molecule has 0 saturated carbocycles. The first kappa shape index (κ1) is 7.80. The Morgan fingerprint density at radius 1 is 1.58 bits per heavy atom. The first-order valence-electron chi connectivity index (χ1n) is 4.04. The van der Waals surface area contributed by atoms with Crippen LogP contribution in [-0.4, -0.2) is 12.6 Å². The molecule has 1 aliphatic rings. The lowest BCUT2D eigenvalue weighted by molar-refractivity contribution is -0.147.